The van der Waals surface area contributed by atoms with Crippen LogP contribution in [0.15, 0.2) is 24.3 Å². The molecule has 0 heterocycles. The summed E-state index contributed by atoms with van der Waals surface area (Å²) in [4.78, 5) is 0. The van der Waals surface area contributed by atoms with Crippen LogP contribution in [0, 0.1) is 5.92 Å². The monoisotopic (exact) mass is 263 g/mol. The normalized spacial score (nSPS) is 14.1. The maximum absolute atomic E-state index is 5.51. The van der Waals surface area contributed by atoms with E-state index in [2.05, 4.69) is 50.4 Å². The molecule has 108 valence electrons. The van der Waals surface area contributed by atoms with Crippen LogP contribution < -0.4 is 10.1 Å². The van der Waals surface area contributed by atoms with Gasteiger partial charge in [0.2, 0.25) is 0 Å². The number of ether oxygens (including phenoxy) is 1. The van der Waals surface area contributed by atoms with E-state index in [1.807, 2.05) is 6.92 Å². The Morgan fingerprint density at radius 3 is 2.32 bits per heavy atom. The van der Waals surface area contributed by atoms with Gasteiger partial charge in [-0.3, -0.25) is 0 Å². The van der Waals surface area contributed by atoms with E-state index in [9.17, 15) is 0 Å². The summed E-state index contributed by atoms with van der Waals surface area (Å²) in [5.74, 6) is 2.25. The van der Waals surface area contributed by atoms with E-state index in [0.29, 0.717) is 11.8 Å². The molecule has 1 aromatic carbocycles. The predicted octanol–water partition coefficient (Wildman–Crippen LogP) is 4.21. The van der Waals surface area contributed by atoms with Crippen molar-refractivity contribution in [3.63, 3.8) is 0 Å². The fourth-order valence-corrected chi connectivity index (χ4v) is 2.34. The third-order valence-corrected chi connectivity index (χ3v) is 3.74. The fourth-order valence-electron chi connectivity index (χ4n) is 2.34. The van der Waals surface area contributed by atoms with Crippen LogP contribution in [0.1, 0.15) is 52.0 Å². The molecule has 0 aliphatic carbocycles. The Bertz CT molecular complexity index is 334. The minimum atomic E-state index is 0.590. The molecule has 0 aliphatic heterocycles. The molecule has 0 fully saturated rings. The van der Waals surface area contributed by atoms with Gasteiger partial charge in [-0.25, -0.2) is 0 Å². The molecular formula is C17H29NO. The van der Waals surface area contributed by atoms with Crippen LogP contribution in [0.25, 0.3) is 0 Å². The minimum absolute atomic E-state index is 0.590. The van der Waals surface area contributed by atoms with Crippen molar-refractivity contribution < 1.29 is 4.74 Å². The number of hydrogen-bond acceptors (Lipinski definition) is 2. The van der Waals surface area contributed by atoms with Gasteiger partial charge in [-0.15, -0.1) is 0 Å². The van der Waals surface area contributed by atoms with Gasteiger partial charge in [0.15, 0.2) is 0 Å². The van der Waals surface area contributed by atoms with Gasteiger partial charge in [0.05, 0.1) is 6.61 Å². The molecule has 2 atom stereocenters. The second kappa shape index (κ2) is 8.98. The zero-order valence-electron chi connectivity index (χ0n) is 12.9. The highest BCUT2D eigenvalue weighted by molar-refractivity contribution is 5.30. The van der Waals surface area contributed by atoms with E-state index >= 15 is 0 Å². The van der Waals surface area contributed by atoms with Crippen LogP contribution in [0.4, 0.5) is 0 Å². The molecule has 0 radical (unpaired) electrons. The second-order valence-electron chi connectivity index (χ2n) is 5.20. The summed E-state index contributed by atoms with van der Waals surface area (Å²) >= 11 is 0. The molecule has 19 heavy (non-hydrogen) atoms. The van der Waals surface area contributed by atoms with Gasteiger partial charge in [0.25, 0.3) is 0 Å². The summed E-state index contributed by atoms with van der Waals surface area (Å²) in [6.45, 7) is 11.7. The Hall–Kier alpha value is -1.02. The lowest BCUT2D eigenvalue weighted by molar-refractivity contribution is 0.339. The summed E-state index contributed by atoms with van der Waals surface area (Å²) in [5.41, 5.74) is 1.42. The molecule has 1 rings (SSSR count). The molecule has 1 aromatic rings. The summed E-state index contributed by atoms with van der Waals surface area (Å²) in [5, 5.41) is 3.56. The Kier molecular flexibility index (Phi) is 7.57. The van der Waals surface area contributed by atoms with Gasteiger partial charge in [0, 0.05) is 6.54 Å². The Morgan fingerprint density at radius 1 is 1.11 bits per heavy atom. The molecule has 0 bridgehead atoms. The average Bonchev–Trinajstić information content (AvgIpc) is 2.44. The van der Waals surface area contributed by atoms with Crippen LogP contribution in [-0.2, 0) is 0 Å². The maximum Gasteiger partial charge on any atom is 0.119 e. The van der Waals surface area contributed by atoms with Crippen LogP contribution in [0.3, 0.4) is 0 Å². The third kappa shape index (κ3) is 5.23. The zero-order chi connectivity index (χ0) is 14.1. The SMILES string of the molecule is CCCNCC(c1ccc(OCC)cc1)C(C)CC. The van der Waals surface area contributed by atoms with E-state index in [0.717, 1.165) is 25.4 Å². The number of nitrogens with one attached hydrogen (secondary N) is 1. The summed E-state index contributed by atoms with van der Waals surface area (Å²) in [7, 11) is 0. The highest BCUT2D eigenvalue weighted by atomic mass is 16.5. The largest absolute Gasteiger partial charge is 0.494 e. The van der Waals surface area contributed by atoms with E-state index in [-0.39, 0.29) is 0 Å². The highest BCUT2D eigenvalue weighted by Crippen LogP contribution is 2.27. The summed E-state index contributed by atoms with van der Waals surface area (Å²) in [6, 6.07) is 8.62. The molecule has 0 aromatic heterocycles. The lowest BCUT2D eigenvalue weighted by Crippen LogP contribution is -2.26. The van der Waals surface area contributed by atoms with Crippen molar-refractivity contribution in [3.05, 3.63) is 29.8 Å². The quantitative estimate of drug-likeness (QED) is 0.674. The molecule has 1 N–H and O–H groups in total. The molecule has 0 amide bonds. The van der Waals surface area contributed by atoms with E-state index < -0.39 is 0 Å². The zero-order valence-corrected chi connectivity index (χ0v) is 12.9. The molecule has 0 aliphatic rings. The molecule has 2 unspecified atom stereocenters. The lowest BCUT2D eigenvalue weighted by atomic mass is 9.85. The first-order valence-electron chi connectivity index (χ1n) is 7.66. The second-order valence-corrected chi connectivity index (χ2v) is 5.20. The van der Waals surface area contributed by atoms with Crippen molar-refractivity contribution in [2.45, 2.75) is 46.5 Å². The average molecular weight is 263 g/mol. The smallest absolute Gasteiger partial charge is 0.119 e. The van der Waals surface area contributed by atoms with E-state index in [1.54, 1.807) is 0 Å². The third-order valence-electron chi connectivity index (χ3n) is 3.74. The van der Waals surface area contributed by atoms with Gasteiger partial charge < -0.3 is 10.1 Å². The molecular weight excluding hydrogens is 234 g/mol. The lowest BCUT2D eigenvalue weighted by Gasteiger charge is -2.24. The molecule has 0 saturated heterocycles. The van der Waals surface area contributed by atoms with Gasteiger partial charge in [-0.05, 0) is 49.4 Å². The molecule has 2 nitrogen and oxygen atoms in total. The van der Waals surface area contributed by atoms with Crippen molar-refractivity contribution in [2.75, 3.05) is 19.7 Å². The Morgan fingerprint density at radius 2 is 1.79 bits per heavy atom. The van der Waals surface area contributed by atoms with Crippen LogP contribution in [-0.4, -0.2) is 19.7 Å². The van der Waals surface area contributed by atoms with E-state index in [1.165, 1.54) is 18.4 Å². The Balaban J connectivity index is 2.72. The fraction of sp³-hybridized carbons (Fsp3) is 0.647. The molecule has 0 saturated carbocycles. The van der Waals surface area contributed by atoms with Crippen molar-refractivity contribution in [3.8, 4) is 5.75 Å². The minimum Gasteiger partial charge on any atom is -0.494 e. The van der Waals surface area contributed by atoms with Gasteiger partial charge >= 0.3 is 0 Å². The first-order valence-corrected chi connectivity index (χ1v) is 7.66. The number of rotatable bonds is 9. The Labute approximate surface area is 118 Å². The van der Waals surface area contributed by atoms with Crippen molar-refractivity contribution >= 4 is 0 Å². The summed E-state index contributed by atoms with van der Waals surface area (Å²) in [6.07, 6.45) is 2.40. The molecule has 0 spiro atoms. The standard InChI is InChI=1S/C17H29NO/c1-5-12-18-13-17(14(4)6-2)15-8-10-16(11-9-15)19-7-3/h8-11,14,17-18H,5-7,12-13H2,1-4H3. The van der Waals surface area contributed by atoms with Crippen LogP contribution >= 0.6 is 0 Å². The maximum atomic E-state index is 5.51. The van der Waals surface area contributed by atoms with Gasteiger partial charge in [-0.2, -0.15) is 0 Å². The van der Waals surface area contributed by atoms with Crippen molar-refractivity contribution in [2.24, 2.45) is 5.92 Å². The first-order chi connectivity index (χ1) is 9.22. The number of benzene rings is 1. The number of hydrogen-bond donors (Lipinski definition) is 1. The van der Waals surface area contributed by atoms with Gasteiger partial charge in [0.1, 0.15) is 5.75 Å². The molecule has 2 heteroatoms. The van der Waals surface area contributed by atoms with Crippen molar-refractivity contribution in [1.82, 2.24) is 5.32 Å². The highest BCUT2D eigenvalue weighted by Gasteiger charge is 2.17. The van der Waals surface area contributed by atoms with Crippen LogP contribution in [0.5, 0.6) is 5.75 Å². The van der Waals surface area contributed by atoms with E-state index in [4.69, 9.17) is 4.74 Å². The summed E-state index contributed by atoms with van der Waals surface area (Å²) < 4.78 is 5.51. The first kappa shape index (κ1) is 16.0. The predicted molar refractivity (Wildman–Crippen MR) is 83.0 cm³/mol. The van der Waals surface area contributed by atoms with Gasteiger partial charge in [-0.1, -0.05) is 39.3 Å². The van der Waals surface area contributed by atoms with Crippen molar-refractivity contribution in [1.29, 1.82) is 0 Å². The topological polar surface area (TPSA) is 21.3 Å². The van der Waals surface area contributed by atoms with Crippen LogP contribution in [0.2, 0.25) is 0 Å².